The van der Waals surface area contributed by atoms with Crippen molar-refractivity contribution in [3.63, 3.8) is 0 Å². The maximum atomic E-state index is 5.70. The van der Waals surface area contributed by atoms with Gasteiger partial charge in [0.15, 0.2) is 0 Å². The second-order valence-electron chi connectivity index (χ2n) is 4.40. The lowest BCUT2D eigenvalue weighted by Gasteiger charge is -2.06. The zero-order chi connectivity index (χ0) is 13.8. The molecule has 20 heavy (non-hydrogen) atoms. The number of fused-ring (bicyclic) bond motifs is 1. The Morgan fingerprint density at radius 3 is 2.60 bits per heavy atom. The van der Waals surface area contributed by atoms with Crippen LogP contribution in [0, 0.1) is 0 Å². The normalized spacial score (nSPS) is 10.7. The number of ether oxygens (including phenoxy) is 1. The molecule has 0 fully saturated rings. The lowest BCUT2D eigenvalue weighted by Crippen LogP contribution is -1.99. The summed E-state index contributed by atoms with van der Waals surface area (Å²) in [5.74, 6) is 0.754. The van der Waals surface area contributed by atoms with Crippen molar-refractivity contribution >= 4 is 26.8 Å². The van der Waals surface area contributed by atoms with Crippen molar-refractivity contribution in [2.45, 2.75) is 11.9 Å². The summed E-state index contributed by atoms with van der Waals surface area (Å²) >= 11 is 3.37. The van der Waals surface area contributed by atoms with Crippen LogP contribution in [0.5, 0.6) is 5.75 Å². The van der Waals surface area contributed by atoms with Crippen LogP contribution >= 0.6 is 15.9 Å². The van der Waals surface area contributed by atoms with E-state index in [2.05, 4.69) is 38.0 Å². The van der Waals surface area contributed by atoms with Gasteiger partial charge in [-0.2, -0.15) is 0 Å². The van der Waals surface area contributed by atoms with E-state index in [0.717, 1.165) is 33.4 Å². The summed E-state index contributed by atoms with van der Waals surface area (Å²) in [6.45, 7) is 0.445. The fraction of sp³-hybridized carbons (Fsp3) is 0.125. The highest BCUT2D eigenvalue weighted by Gasteiger charge is 2.00. The molecule has 0 atom stereocenters. The largest absolute Gasteiger partial charge is 0.486 e. The van der Waals surface area contributed by atoms with Crippen LogP contribution in [-0.4, -0.2) is 9.97 Å². The van der Waals surface area contributed by atoms with Gasteiger partial charge in [0, 0.05) is 10.7 Å². The molecule has 0 unspecified atom stereocenters. The van der Waals surface area contributed by atoms with Crippen LogP contribution in [0.15, 0.2) is 54.7 Å². The quantitative estimate of drug-likeness (QED) is 0.676. The number of benzene rings is 1. The van der Waals surface area contributed by atoms with Gasteiger partial charge in [0.25, 0.3) is 0 Å². The molecule has 3 aromatic rings. The number of para-hydroxylation sites is 1. The summed E-state index contributed by atoms with van der Waals surface area (Å²) in [4.78, 5) is 8.84. The molecule has 0 amide bonds. The van der Waals surface area contributed by atoms with Crippen LogP contribution in [0.4, 0.5) is 0 Å². The number of aromatic nitrogens is 2. The standard InChI is InChI=1S/C16H13BrN2O/c17-9-13-7-8-15(10-18-13)20-11-14-6-5-12-3-1-2-4-16(12)19-14/h1-8,10H,9,11H2. The Hall–Kier alpha value is -1.94. The number of halogens is 1. The van der Waals surface area contributed by atoms with Crippen molar-refractivity contribution in [3.05, 3.63) is 66.1 Å². The Balaban J connectivity index is 1.72. The van der Waals surface area contributed by atoms with Gasteiger partial charge in [0.05, 0.1) is 23.1 Å². The number of hydrogen-bond donors (Lipinski definition) is 0. The second kappa shape index (κ2) is 6.01. The molecule has 3 nitrogen and oxygen atoms in total. The average Bonchev–Trinajstić information content (AvgIpc) is 2.53. The van der Waals surface area contributed by atoms with Gasteiger partial charge in [-0.15, -0.1) is 0 Å². The minimum absolute atomic E-state index is 0.445. The van der Waals surface area contributed by atoms with Crippen LogP contribution in [-0.2, 0) is 11.9 Å². The summed E-state index contributed by atoms with van der Waals surface area (Å²) < 4.78 is 5.70. The van der Waals surface area contributed by atoms with Gasteiger partial charge in [-0.25, -0.2) is 4.98 Å². The molecule has 0 spiro atoms. The van der Waals surface area contributed by atoms with Crippen LogP contribution in [0.2, 0.25) is 0 Å². The molecular weight excluding hydrogens is 316 g/mol. The third kappa shape index (κ3) is 2.96. The molecule has 2 aromatic heterocycles. The predicted molar refractivity (Wildman–Crippen MR) is 82.9 cm³/mol. The lowest BCUT2D eigenvalue weighted by molar-refractivity contribution is 0.300. The van der Waals surface area contributed by atoms with E-state index < -0.39 is 0 Å². The second-order valence-corrected chi connectivity index (χ2v) is 4.96. The Bertz CT molecular complexity index is 713. The molecule has 0 saturated heterocycles. The Kier molecular flexibility index (Phi) is 3.92. The first-order valence-corrected chi connectivity index (χ1v) is 7.46. The fourth-order valence-corrected chi connectivity index (χ4v) is 2.25. The zero-order valence-corrected chi connectivity index (χ0v) is 12.4. The summed E-state index contributed by atoms with van der Waals surface area (Å²) in [5, 5.41) is 1.89. The van der Waals surface area contributed by atoms with Gasteiger partial charge >= 0.3 is 0 Å². The fourth-order valence-electron chi connectivity index (χ4n) is 1.92. The van der Waals surface area contributed by atoms with E-state index in [1.54, 1.807) is 6.20 Å². The summed E-state index contributed by atoms with van der Waals surface area (Å²) in [5.41, 5.74) is 2.89. The van der Waals surface area contributed by atoms with Gasteiger partial charge in [0.2, 0.25) is 0 Å². The van der Waals surface area contributed by atoms with Crippen molar-refractivity contribution in [2.75, 3.05) is 0 Å². The van der Waals surface area contributed by atoms with Crippen LogP contribution in [0.3, 0.4) is 0 Å². The first-order valence-electron chi connectivity index (χ1n) is 6.33. The van der Waals surface area contributed by atoms with Crippen molar-refractivity contribution in [1.29, 1.82) is 0 Å². The highest BCUT2D eigenvalue weighted by Crippen LogP contribution is 2.15. The van der Waals surface area contributed by atoms with E-state index in [-0.39, 0.29) is 0 Å². The van der Waals surface area contributed by atoms with Crippen LogP contribution < -0.4 is 4.74 Å². The number of hydrogen-bond acceptors (Lipinski definition) is 3. The van der Waals surface area contributed by atoms with E-state index in [4.69, 9.17) is 4.74 Å². The number of nitrogens with zero attached hydrogens (tertiary/aromatic N) is 2. The molecule has 0 aliphatic rings. The molecule has 3 rings (SSSR count). The van der Waals surface area contributed by atoms with Gasteiger partial charge < -0.3 is 4.74 Å². The highest BCUT2D eigenvalue weighted by molar-refractivity contribution is 9.08. The predicted octanol–water partition coefficient (Wildman–Crippen LogP) is 4.10. The minimum Gasteiger partial charge on any atom is -0.486 e. The minimum atomic E-state index is 0.445. The lowest BCUT2D eigenvalue weighted by atomic mass is 10.2. The van der Waals surface area contributed by atoms with Gasteiger partial charge in [0.1, 0.15) is 12.4 Å². The number of alkyl halides is 1. The molecule has 4 heteroatoms. The molecular formula is C16H13BrN2O. The van der Waals surface area contributed by atoms with Crippen LogP contribution in [0.25, 0.3) is 10.9 Å². The molecule has 0 aliphatic heterocycles. The van der Waals surface area contributed by atoms with E-state index in [1.807, 2.05) is 36.4 Å². The monoisotopic (exact) mass is 328 g/mol. The highest BCUT2D eigenvalue weighted by atomic mass is 79.9. The van der Waals surface area contributed by atoms with Crippen molar-refractivity contribution in [3.8, 4) is 5.75 Å². The van der Waals surface area contributed by atoms with E-state index in [0.29, 0.717) is 6.61 Å². The van der Waals surface area contributed by atoms with E-state index >= 15 is 0 Å². The topological polar surface area (TPSA) is 35.0 Å². The van der Waals surface area contributed by atoms with Gasteiger partial charge in [-0.3, -0.25) is 4.98 Å². The smallest absolute Gasteiger partial charge is 0.138 e. The summed E-state index contributed by atoms with van der Waals surface area (Å²) in [7, 11) is 0. The Morgan fingerprint density at radius 1 is 0.950 bits per heavy atom. The van der Waals surface area contributed by atoms with Crippen molar-refractivity contribution in [2.24, 2.45) is 0 Å². The van der Waals surface area contributed by atoms with Crippen molar-refractivity contribution in [1.82, 2.24) is 9.97 Å². The van der Waals surface area contributed by atoms with E-state index in [1.165, 1.54) is 0 Å². The summed E-state index contributed by atoms with van der Waals surface area (Å²) in [6, 6.07) is 16.0. The number of pyridine rings is 2. The van der Waals surface area contributed by atoms with E-state index in [9.17, 15) is 0 Å². The third-order valence-corrected chi connectivity index (χ3v) is 3.55. The molecule has 0 saturated carbocycles. The van der Waals surface area contributed by atoms with Gasteiger partial charge in [-0.05, 0) is 24.3 Å². The first-order chi connectivity index (χ1) is 9.85. The Morgan fingerprint density at radius 2 is 1.80 bits per heavy atom. The summed E-state index contributed by atoms with van der Waals surface area (Å²) in [6.07, 6.45) is 1.73. The molecule has 0 radical (unpaired) electrons. The molecule has 0 N–H and O–H groups in total. The maximum Gasteiger partial charge on any atom is 0.138 e. The molecule has 2 heterocycles. The number of rotatable bonds is 4. The first kappa shape index (κ1) is 13.1. The molecule has 100 valence electrons. The third-order valence-electron chi connectivity index (χ3n) is 2.98. The average molecular weight is 329 g/mol. The van der Waals surface area contributed by atoms with Crippen molar-refractivity contribution < 1.29 is 4.74 Å². The zero-order valence-electron chi connectivity index (χ0n) is 10.8. The Labute approximate surface area is 125 Å². The molecule has 1 aromatic carbocycles. The molecule has 0 bridgehead atoms. The van der Waals surface area contributed by atoms with Gasteiger partial charge in [-0.1, -0.05) is 40.2 Å². The maximum absolute atomic E-state index is 5.70. The van der Waals surface area contributed by atoms with Crippen LogP contribution in [0.1, 0.15) is 11.4 Å². The SMILES string of the molecule is BrCc1ccc(OCc2ccc3ccccc3n2)cn1. The molecule has 0 aliphatic carbocycles.